The van der Waals surface area contributed by atoms with Crippen LogP contribution in [-0.2, 0) is 0 Å². The molecule has 1 aromatic rings. The summed E-state index contributed by atoms with van der Waals surface area (Å²) in [5, 5.41) is 3.36. The van der Waals surface area contributed by atoms with Gasteiger partial charge in [0.25, 0.3) is 0 Å². The van der Waals surface area contributed by atoms with E-state index in [9.17, 15) is 0 Å². The van der Waals surface area contributed by atoms with E-state index in [1.807, 2.05) is 24.3 Å². The standard InChI is InChI=1S/C12H16BrNO/c13-11-2-1-3-12(8-11)15-9-10-4-6-14-7-5-10/h1-3,8,10,14H,4-7,9H2. The minimum Gasteiger partial charge on any atom is -0.493 e. The second kappa shape index (κ2) is 5.52. The van der Waals surface area contributed by atoms with Crippen molar-refractivity contribution in [3.05, 3.63) is 28.7 Å². The van der Waals surface area contributed by atoms with Crippen LogP contribution in [0.15, 0.2) is 28.7 Å². The highest BCUT2D eigenvalue weighted by Crippen LogP contribution is 2.20. The van der Waals surface area contributed by atoms with Gasteiger partial charge in [-0.05, 0) is 50.0 Å². The van der Waals surface area contributed by atoms with Gasteiger partial charge in [0.15, 0.2) is 0 Å². The Morgan fingerprint density at radius 1 is 1.33 bits per heavy atom. The lowest BCUT2D eigenvalue weighted by Gasteiger charge is -2.22. The molecule has 3 heteroatoms. The van der Waals surface area contributed by atoms with Crippen molar-refractivity contribution >= 4 is 15.9 Å². The Kier molecular flexibility index (Phi) is 4.03. The molecule has 1 heterocycles. The largest absolute Gasteiger partial charge is 0.493 e. The first-order valence-electron chi connectivity index (χ1n) is 5.44. The molecule has 1 fully saturated rings. The van der Waals surface area contributed by atoms with E-state index in [0.717, 1.165) is 29.9 Å². The van der Waals surface area contributed by atoms with E-state index in [1.165, 1.54) is 12.8 Å². The first kappa shape index (κ1) is 11.0. The maximum Gasteiger partial charge on any atom is 0.120 e. The zero-order chi connectivity index (χ0) is 10.5. The van der Waals surface area contributed by atoms with E-state index in [2.05, 4.69) is 21.2 Å². The average Bonchev–Trinajstić information content (AvgIpc) is 2.28. The minimum atomic E-state index is 0.713. The van der Waals surface area contributed by atoms with Crippen molar-refractivity contribution in [3.8, 4) is 5.75 Å². The molecule has 0 saturated carbocycles. The van der Waals surface area contributed by atoms with Crippen molar-refractivity contribution in [3.63, 3.8) is 0 Å². The highest BCUT2D eigenvalue weighted by Gasteiger charge is 2.13. The fourth-order valence-corrected chi connectivity index (χ4v) is 2.20. The van der Waals surface area contributed by atoms with E-state index in [1.54, 1.807) is 0 Å². The van der Waals surface area contributed by atoms with Gasteiger partial charge in [0.05, 0.1) is 6.61 Å². The highest BCUT2D eigenvalue weighted by atomic mass is 79.9. The summed E-state index contributed by atoms with van der Waals surface area (Å²) in [5.74, 6) is 1.67. The number of rotatable bonds is 3. The number of piperidine rings is 1. The van der Waals surface area contributed by atoms with Gasteiger partial charge in [-0.2, -0.15) is 0 Å². The number of benzene rings is 1. The van der Waals surface area contributed by atoms with Gasteiger partial charge in [-0.25, -0.2) is 0 Å². The Hall–Kier alpha value is -0.540. The Labute approximate surface area is 99.1 Å². The van der Waals surface area contributed by atoms with Crippen LogP contribution >= 0.6 is 15.9 Å². The SMILES string of the molecule is Brc1cccc(OCC2CCNCC2)c1. The normalized spacial score (nSPS) is 17.7. The maximum absolute atomic E-state index is 5.77. The second-order valence-electron chi connectivity index (χ2n) is 3.96. The summed E-state index contributed by atoms with van der Waals surface area (Å²) in [5.41, 5.74) is 0. The summed E-state index contributed by atoms with van der Waals surface area (Å²) < 4.78 is 6.84. The molecule has 1 aliphatic heterocycles. The predicted octanol–water partition coefficient (Wildman–Crippen LogP) is 2.83. The summed E-state index contributed by atoms with van der Waals surface area (Å²) in [6, 6.07) is 8.03. The van der Waals surface area contributed by atoms with Crippen LogP contribution in [0.3, 0.4) is 0 Å². The molecule has 0 aliphatic carbocycles. The zero-order valence-corrected chi connectivity index (χ0v) is 10.3. The zero-order valence-electron chi connectivity index (χ0n) is 8.71. The molecule has 0 bridgehead atoms. The van der Waals surface area contributed by atoms with Crippen molar-refractivity contribution in [2.45, 2.75) is 12.8 Å². The summed E-state index contributed by atoms with van der Waals surface area (Å²) in [4.78, 5) is 0. The van der Waals surface area contributed by atoms with Crippen LogP contribution in [0.25, 0.3) is 0 Å². The number of hydrogen-bond acceptors (Lipinski definition) is 2. The predicted molar refractivity (Wildman–Crippen MR) is 65.2 cm³/mol. The molecule has 1 N–H and O–H groups in total. The molecule has 2 nitrogen and oxygen atoms in total. The van der Waals surface area contributed by atoms with Crippen LogP contribution in [-0.4, -0.2) is 19.7 Å². The van der Waals surface area contributed by atoms with Crippen LogP contribution in [0.2, 0.25) is 0 Å². The van der Waals surface area contributed by atoms with Gasteiger partial charge in [0.2, 0.25) is 0 Å². The molecule has 82 valence electrons. The van der Waals surface area contributed by atoms with Crippen molar-refractivity contribution in [1.29, 1.82) is 0 Å². The van der Waals surface area contributed by atoms with Gasteiger partial charge in [0, 0.05) is 4.47 Å². The number of hydrogen-bond donors (Lipinski definition) is 1. The monoisotopic (exact) mass is 269 g/mol. The Morgan fingerprint density at radius 3 is 2.87 bits per heavy atom. The topological polar surface area (TPSA) is 21.3 Å². The van der Waals surface area contributed by atoms with Gasteiger partial charge >= 0.3 is 0 Å². The summed E-state index contributed by atoms with van der Waals surface area (Å²) in [7, 11) is 0. The molecule has 1 aromatic carbocycles. The Morgan fingerprint density at radius 2 is 2.13 bits per heavy atom. The summed E-state index contributed by atoms with van der Waals surface area (Å²) in [6.45, 7) is 3.11. The third-order valence-electron chi connectivity index (χ3n) is 2.74. The number of nitrogens with one attached hydrogen (secondary N) is 1. The van der Waals surface area contributed by atoms with Crippen LogP contribution in [0.5, 0.6) is 5.75 Å². The smallest absolute Gasteiger partial charge is 0.120 e. The molecule has 1 saturated heterocycles. The van der Waals surface area contributed by atoms with Crippen molar-refractivity contribution < 1.29 is 4.74 Å². The van der Waals surface area contributed by atoms with Gasteiger partial charge in [-0.3, -0.25) is 0 Å². The average molecular weight is 270 g/mol. The molecule has 0 spiro atoms. The quantitative estimate of drug-likeness (QED) is 0.911. The van der Waals surface area contributed by atoms with E-state index in [-0.39, 0.29) is 0 Å². The first-order valence-corrected chi connectivity index (χ1v) is 6.23. The molecule has 1 aliphatic rings. The molecule has 0 amide bonds. The minimum absolute atomic E-state index is 0.713. The van der Waals surface area contributed by atoms with E-state index in [4.69, 9.17) is 4.74 Å². The fourth-order valence-electron chi connectivity index (χ4n) is 1.82. The molecule has 0 atom stereocenters. The highest BCUT2D eigenvalue weighted by molar-refractivity contribution is 9.10. The van der Waals surface area contributed by atoms with E-state index >= 15 is 0 Å². The first-order chi connectivity index (χ1) is 7.34. The van der Waals surface area contributed by atoms with Crippen LogP contribution < -0.4 is 10.1 Å². The van der Waals surface area contributed by atoms with Crippen LogP contribution in [0.4, 0.5) is 0 Å². The third-order valence-corrected chi connectivity index (χ3v) is 3.23. The van der Waals surface area contributed by atoms with Crippen LogP contribution in [0, 0.1) is 5.92 Å². The molecule has 15 heavy (non-hydrogen) atoms. The lowest BCUT2D eigenvalue weighted by Crippen LogP contribution is -2.30. The Balaban J connectivity index is 1.81. The van der Waals surface area contributed by atoms with Crippen LogP contribution in [0.1, 0.15) is 12.8 Å². The molecule has 2 rings (SSSR count). The lowest BCUT2D eigenvalue weighted by molar-refractivity contribution is 0.215. The summed E-state index contributed by atoms with van der Waals surface area (Å²) >= 11 is 3.44. The van der Waals surface area contributed by atoms with Gasteiger partial charge in [-0.1, -0.05) is 22.0 Å². The second-order valence-corrected chi connectivity index (χ2v) is 4.88. The molecule has 0 aromatic heterocycles. The summed E-state index contributed by atoms with van der Waals surface area (Å²) in [6.07, 6.45) is 2.46. The number of ether oxygens (including phenoxy) is 1. The molecular formula is C12H16BrNO. The number of halogens is 1. The van der Waals surface area contributed by atoms with Crippen molar-refractivity contribution in [2.24, 2.45) is 5.92 Å². The van der Waals surface area contributed by atoms with Gasteiger partial charge in [0.1, 0.15) is 5.75 Å². The van der Waals surface area contributed by atoms with Crippen molar-refractivity contribution in [1.82, 2.24) is 5.32 Å². The third kappa shape index (κ3) is 3.50. The molecule has 0 radical (unpaired) electrons. The fraction of sp³-hybridized carbons (Fsp3) is 0.500. The Bertz CT molecular complexity index is 310. The molecular weight excluding hydrogens is 254 g/mol. The van der Waals surface area contributed by atoms with Gasteiger partial charge < -0.3 is 10.1 Å². The maximum atomic E-state index is 5.77. The lowest BCUT2D eigenvalue weighted by atomic mass is 9.99. The van der Waals surface area contributed by atoms with Crippen molar-refractivity contribution in [2.75, 3.05) is 19.7 Å². The van der Waals surface area contributed by atoms with E-state index < -0.39 is 0 Å². The van der Waals surface area contributed by atoms with Gasteiger partial charge in [-0.15, -0.1) is 0 Å². The van der Waals surface area contributed by atoms with E-state index in [0.29, 0.717) is 5.92 Å². The molecule has 0 unspecified atom stereocenters.